The summed E-state index contributed by atoms with van der Waals surface area (Å²) < 4.78 is 2.13. The van der Waals surface area contributed by atoms with E-state index in [1.165, 1.54) is 56.6 Å². The van der Waals surface area contributed by atoms with Gasteiger partial charge in [0.1, 0.15) is 0 Å². The van der Waals surface area contributed by atoms with Gasteiger partial charge in [-0.05, 0) is 77.2 Å². The molecular weight excluding hydrogens is 320 g/mol. The maximum Gasteiger partial charge on any atom is 0.0596 e. The molecule has 1 fully saturated rings. The first-order valence-corrected chi connectivity index (χ1v) is 10.2. The van der Waals surface area contributed by atoms with Crippen LogP contribution in [0.4, 0.5) is 0 Å². The third-order valence-electron chi connectivity index (χ3n) is 5.37. The Morgan fingerprint density at radius 1 is 1.12 bits per heavy atom. The number of piperidine rings is 1. The van der Waals surface area contributed by atoms with E-state index in [0.717, 1.165) is 25.2 Å². The fourth-order valence-corrected chi connectivity index (χ4v) is 4.01. The molecule has 26 heavy (non-hydrogen) atoms. The lowest BCUT2D eigenvalue weighted by Crippen LogP contribution is -2.46. The maximum atomic E-state index is 4.55. The van der Waals surface area contributed by atoms with Gasteiger partial charge in [-0.15, -0.1) is 0 Å². The van der Waals surface area contributed by atoms with Gasteiger partial charge in [0.25, 0.3) is 0 Å². The Kier molecular flexibility index (Phi) is 7.27. The second-order valence-corrected chi connectivity index (χ2v) is 7.69. The molecule has 142 valence electrons. The molecule has 2 aromatic rings. The number of aromatic nitrogens is 2. The van der Waals surface area contributed by atoms with Crippen molar-refractivity contribution >= 4 is 0 Å². The third kappa shape index (κ3) is 5.96. The minimum absolute atomic E-state index is 0.654. The maximum absolute atomic E-state index is 4.55. The Hall–Kier alpha value is -1.65. The topological polar surface area (TPSA) is 33.1 Å². The summed E-state index contributed by atoms with van der Waals surface area (Å²) >= 11 is 0. The monoisotopic (exact) mass is 354 g/mol. The lowest BCUT2D eigenvalue weighted by atomic mass is 10.0. The lowest BCUT2D eigenvalue weighted by Gasteiger charge is -2.33. The highest BCUT2D eigenvalue weighted by Gasteiger charge is 2.18. The molecule has 0 spiro atoms. The normalized spacial score (nSPS) is 18.3. The van der Waals surface area contributed by atoms with Gasteiger partial charge in [0.2, 0.25) is 0 Å². The molecular formula is C22H34N4. The number of benzene rings is 1. The third-order valence-corrected chi connectivity index (χ3v) is 5.37. The summed E-state index contributed by atoms with van der Waals surface area (Å²) in [4.78, 5) is 2.64. The zero-order chi connectivity index (χ0) is 18.2. The first-order chi connectivity index (χ1) is 12.7. The quantitative estimate of drug-likeness (QED) is 0.699. The molecule has 1 aliphatic heterocycles. The average molecular weight is 355 g/mol. The van der Waals surface area contributed by atoms with Crippen LogP contribution in [0.3, 0.4) is 0 Å². The summed E-state index contributed by atoms with van der Waals surface area (Å²) in [7, 11) is 0. The van der Waals surface area contributed by atoms with Crippen molar-refractivity contribution in [2.75, 3.05) is 26.2 Å². The van der Waals surface area contributed by atoms with E-state index in [-0.39, 0.29) is 0 Å². The highest BCUT2D eigenvalue weighted by Crippen LogP contribution is 2.12. The molecule has 0 bridgehead atoms. The number of nitrogens with one attached hydrogen (secondary N) is 1. The van der Waals surface area contributed by atoms with Gasteiger partial charge in [-0.2, -0.15) is 5.10 Å². The van der Waals surface area contributed by atoms with Gasteiger partial charge in [-0.1, -0.05) is 30.3 Å². The van der Waals surface area contributed by atoms with Gasteiger partial charge in [-0.3, -0.25) is 4.68 Å². The van der Waals surface area contributed by atoms with Gasteiger partial charge in [0.05, 0.1) is 5.69 Å². The molecule has 1 atom stereocenters. The van der Waals surface area contributed by atoms with Crippen molar-refractivity contribution in [1.82, 2.24) is 20.0 Å². The van der Waals surface area contributed by atoms with Crippen molar-refractivity contribution < 1.29 is 0 Å². The molecule has 0 saturated carbocycles. The van der Waals surface area contributed by atoms with E-state index in [0.29, 0.717) is 6.04 Å². The van der Waals surface area contributed by atoms with E-state index >= 15 is 0 Å². The minimum Gasteiger partial charge on any atom is -0.313 e. The fraction of sp³-hybridized carbons (Fsp3) is 0.591. The number of hydrogen-bond acceptors (Lipinski definition) is 3. The molecule has 1 saturated heterocycles. The van der Waals surface area contributed by atoms with E-state index in [1.807, 2.05) is 0 Å². The van der Waals surface area contributed by atoms with E-state index < -0.39 is 0 Å². The van der Waals surface area contributed by atoms with Crippen LogP contribution in [-0.4, -0.2) is 46.9 Å². The first kappa shape index (κ1) is 19.1. The molecule has 0 amide bonds. The van der Waals surface area contributed by atoms with Gasteiger partial charge in [0, 0.05) is 24.8 Å². The first-order valence-electron chi connectivity index (χ1n) is 10.2. The standard InChI is InChI=1S/C22H34N4/c1-19-17-20(2)26(24-19)16-8-13-23-22-12-7-15-25(18-22)14-6-11-21-9-4-3-5-10-21/h3-5,9-10,17,22-23H,6-8,11-16,18H2,1-2H3/t22-/m0/s1. The van der Waals surface area contributed by atoms with Crippen molar-refractivity contribution in [2.24, 2.45) is 0 Å². The molecule has 4 heteroatoms. The van der Waals surface area contributed by atoms with Crippen LogP contribution in [0.2, 0.25) is 0 Å². The Labute approximate surface area is 158 Å². The summed E-state index contributed by atoms with van der Waals surface area (Å²) in [5.74, 6) is 0. The van der Waals surface area contributed by atoms with E-state index in [2.05, 4.69) is 70.2 Å². The number of likely N-dealkylation sites (tertiary alicyclic amines) is 1. The number of hydrogen-bond donors (Lipinski definition) is 1. The van der Waals surface area contributed by atoms with E-state index in [9.17, 15) is 0 Å². The van der Waals surface area contributed by atoms with Crippen LogP contribution in [0.1, 0.15) is 42.6 Å². The van der Waals surface area contributed by atoms with Crippen LogP contribution < -0.4 is 5.32 Å². The molecule has 0 unspecified atom stereocenters. The van der Waals surface area contributed by atoms with Crippen LogP contribution in [0.25, 0.3) is 0 Å². The largest absolute Gasteiger partial charge is 0.313 e. The van der Waals surface area contributed by atoms with Crippen molar-refractivity contribution in [3.63, 3.8) is 0 Å². The Balaban J connectivity index is 1.31. The molecule has 0 radical (unpaired) electrons. The smallest absolute Gasteiger partial charge is 0.0596 e. The van der Waals surface area contributed by atoms with Crippen LogP contribution in [0, 0.1) is 13.8 Å². The summed E-state index contributed by atoms with van der Waals surface area (Å²) in [5.41, 5.74) is 3.85. The van der Waals surface area contributed by atoms with E-state index in [4.69, 9.17) is 0 Å². The number of aryl methyl sites for hydroxylation is 4. The van der Waals surface area contributed by atoms with Crippen LogP contribution in [0.5, 0.6) is 0 Å². The fourth-order valence-electron chi connectivity index (χ4n) is 4.01. The van der Waals surface area contributed by atoms with Crippen molar-refractivity contribution in [1.29, 1.82) is 0 Å². The molecule has 1 aromatic carbocycles. The van der Waals surface area contributed by atoms with Crippen molar-refractivity contribution in [3.05, 3.63) is 53.3 Å². The molecule has 2 heterocycles. The Morgan fingerprint density at radius 3 is 2.73 bits per heavy atom. The summed E-state index contributed by atoms with van der Waals surface area (Å²) in [6.07, 6.45) is 6.23. The summed E-state index contributed by atoms with van der Waals surface area (Å²) in [6, 6.07) is 13.7. The Bertz CT molecular complexity index is 649. The lowest BCUT2D eigenvalue weighted by molar-refractivity contribution is 0.188. The highest BCUT2D eigenvalue weighted by atomic mass is 15.3. The average Bonchev–Trinajstić information content (AvgIpc) is 2.97. The predicted molar refractivity (Wildman–Crippen MR) is 109 cm³/mol. The zero-order valence-corrected chi connectivity index (χ0v) is 16.5. The molecule has 1 aromatic heterocycles. The Morgan fingerprint density at radius 2 is 1.96 bits per heavy atom. The second kappa shape index (κ2) is 9.89. The minimum atomic E-state index is 0.654. The van der Waals surface area contributed by atoms with Crippen molar-refractivity contribution in [2.45, 2.75) is 58.5 Å². The SMILES string of the molecule is Cc1cc(C)n(CCCN[C@H]2CCCN(CCCc3ccccc3)C2)n1. The zero-order valence-electron chi connectivity index (χ0n) is 16.5. The van der Waals surface area contributed by atoms with E-state index in [1.54, 1.807) is 0 Å². The van der Waals surface area contributed by atoms with Gasteiger partial charge in [0.15, 0.2) is 0 Å². The highest BCUT2D eigenvalue weighted by molar-refractivity contribution is 5.14. The van der Waals surface area contributed by atoms with Gasteiger partial charge >= 0.3 is 0 Å². The number of nitrogens with zero attached hydrogens (tertiary/aromatic N) is 3. The molecule has 3 rings (SSSR count). The van der Waals surface area contributed by atoms with Crippen LogP contribution in [0.15, 0.2) is 36.4 Å². The molecule has 0 aliphatic carbocycles. The molecule has 1 N–H and O–H groups in total. The van der Waals surface area contributed by atoms with Gasteiger partial charge in [-0.25, -0.2) is 0 Å². The summed E-state index contributed by atoms with van der Waals surface area (Å²) in [5, 5.41) is 8.32. The molecule has 1 aliphatic rings. The van der Waals surface area contributed by atoms with Crippen molar-refractivity contribution in [3.8, 4) is 0 Å². The predicted octanol–water partition coefficient (Wildman–Crippen LogP) is 3.58. The van der Waals surface area contributed by atoms with Crippen LogP contribution in [-0.2, 0) is 13.0 Å². The number of rotatable bonds is 9. The van der Waals surface area contributed by atoms with Gasteiger partial charge < -0.3 is 10.2 Å². The second-order valence-electron chi connectivity index (χ2n) is 7.69. The van der Waals surface area contributed by atoms with Crippen LogP contribution >= 0.6 is 0 Å². The molecule has 4 nitrogen and oxygen atoms in total. The summed E-state index contributed by atoms with van der Waals surface area (Å²) in [6.45, 7) is 9.99.